The summed E-state index contributed by atoms with van der Waals surface area (Å²) >= 11 is 10.9. The van der Waals surface area contributed by atoms with Gasteiger partial charge in [-0.3, -0.25) is 4.79 Å². The van der Waals surface area contributed by atoms with E-state index in [4.69, 9.17) is 11.6 Å². The van der Waals surface area contributed by atoms with Crippen molar-refractivity contribution in [1.82, 2.24) is 5.32 Å². The smallest absolute Gasteiger partial charge is 0.251 e. The summed E-state index contributed by atoms with van der Waals surface area (Å²) in [7, 11) is 0. The number of anilines is 1. The quantitative estimate of drug-likeness (QED) is 0.739. The van der Waals surface area contributed by atoms with Crippen LogP contribution < -0.4 is 10.6 Å². The van der Waals surface area contributed by atoms with Gasteiger partial charge in [0.15, 0.2) is 0 Å². The van der Waals surface area contributed by atoms with E-state index in [1.165, 1.54) is 11.3 Å². The lowest BCUT2D eigenvalue weighted by molar-refractivity contribution is 0.0953. The Morgan fingerprint density at radius 2 is 2.19 bits per heavy atom. The van der Waals surface area contributed by atoms with E-state index in [2.05, 4.69) is 26.6 Å². The van der Waals surface area contributed by atoms with Crippen LogP contribution in [0.4, 0.5) is 5.69 Å². The third kappa shape index (κ3) is 4.73. The van der Waals surface area contributed by atoms with E-state index in [1.54, 1.807) is 0 Å². The molecule has 0 radical (unpaired) electrons. The van der Waals surface area contributed by atoms with Gasteiger partial charge in [-0.2, -0.15) is 0 Å². The van der Waals surface area contributed by atoms with E-state index in [9.17, 15) is 4.79 Å². The number of hydrogen-bond donors (Lipinski definition) is 2. The number of amides is 1. The van der Waals surface area contributed by atoms with Gasteiger partial charge in [0.25, 0.3) is 5.91 Å². The Hall–Kier alpha value is -1.04. The fourth-order valence-corrected chi connectivity index (χ4v) is 3.51. The van der Waals surface area contributed by atoms with Crippen LogP contribution in [0.5, 0.6) is 0 Å². The van der Waals surface area contributed by atoms with Crippen LogP contribution in [0.2, 0.25) is 4.34 Å². The molecular formula is C15H16BrClN2OS. The largest absolute Gasteiger partial charge is 0.380 e. The van der Waals surface area contributed by atoms with Crippen molar-refractivity contribution in [3.05, 3.63) is 49.6 Å². The van der Waals surface area contributed by atoms with Crippen LogP contribution in [0.3, 0.4) is 0 Å². The van der Waals surface area contributed by atoms with Crippen LogP contribution >= 0.6 is 38.9 Å². The van der Waals surface area contributed by atoms with Crippen molar-refractivity contribution in [1.29, 1.82) is 0 Å². The molecule has 2 N–H and O–H groups in total. The molecule has 0 bridgehead atoms. The Kier molecular flexibility index (Phi) is 6.08. The maximum atomic E-state index is 11.9. The molecule has 0 fully saturated rings. The number of carbonyl (C=O) groups excluding carboxylic acids is 1. The zero-order chi connectivity index (χ0) is 15.2. The minimum atomic E-state index is -0.0394. The van der Waals surface area contributed by atoms with Gasteiger partial charge in [0.1, 0.15) is 4.34 Å². The Balaban J connectivity index is 1.99. The highest BCUT2D eigenvalue weighted by Crippen LogP contribution is 2.32. The van der Waals surface area contributed by atoms with Crippen molar-refractivity contribution in [2.75, 3.05) is 11.9 Å². The summed E-state index contributed by atoms with van der Waals surface area (Å²) in [6.45, 7) is 3.40. The van der Waals surface area contributed by atoms with Crippen molar-refractivity contribution in [3.63, 3.8) is 0 Å². The first-order chi connectivity index (χ1) is 10.1. The van der Waals surface area contributed by atoms with Crippen molar-refractivity contribution in [2.45, 2.75) is 19.9 Å². The van der Waals surface area contributed by atoms with E-state index >= 15 is 0 Å². The van der Waals surface area contributed by atoms with E-state index < -0.39 is 0 Å². The molecule has 0 saturated heterocycles. The van der Waals surface area contributed by atoms with Crippen LogP contribution in [0.1, 0.15) is 28.6 Å². The van der Waals surface area contributed by atoms with Crippen LogP contribution in [-0.2, 0) is 6.54 Å². The molecule has 0 aliphatic carbocycles. The average molecular weight is 388 g/mol. The molecule has 0 unspecified atom stereocenters. The van der Waals surface area contributed by atoms with Gasteiger partial charge in [-0.25, -0.2) is 0 Å². The predicted molar refractivity (Wildman–Crippen MR) is 93.4 cm³/mol. The van der Waals surface area contributed by atoms with Gasteiger partial charge < -0.3 is 10.6 Å². The van der Waals surface area contributed by atoms with Crippen LogP contribution in [0.15, 0.2) is 34.8 Å². The summed E-state index contributed by atoms with van der Waals surface area (Å²) in [4.78, 5) is 13.0. The highest BCUT2D eigenvalue weighted by molar-refractivity contribution is 9.10. The van der Waals surface area contributed by atoms with Gasteiger partial charge in [0.05, 0.1) is 0 Å². The third-order valence-electron chi connectivity index (χ3n) is 2.82. The SMILES string of the molecule is CCCNC(=O)c1cccc(NCc2cc(Br)c(Cl)s2)c1. The Bertz CT molecular complexity index is 610. The van der Waals surface area contributed by atoms with Crippen LogP contribution in [-0.4, -0.2) is 12.5 Å². The van der Waals surface area contributed by atoms with Crippen molar-refractivity contribution >= 4 is 50.5 Å². The average Bonchev–Trinajstić information content (AvgIpc) is 2.81. The highest BCUT2D eigenvalue weighted by atomic mass is 79.9. The molecule has 0 spiro atoms. The molecule has 6 heteroatoms. The normalized spacial score (nSPS) is 10.4. The van der Waals surface area contributed by atoms with E-state index in [-0.39, 0.29) is 5.91 Å². The number of rotatable bonds is 6. The second-order valence-corrected chi connectivity index (χ2v) is 7.12. The second-order valence-electron chi connectivity index (χ2n) is 4.52. The number of halogens is 2. The first-order valence-corrected chi connectivity index (χ1v) is 8.64. The van der Waals surface area contributed by atoms with E-state index in [1.807, 2.05) is 37.3 Å². The molecule has 1 amide bonds. The van der Waals surface area contributed by atoms with Crippen molar-refractivity contribution in [2.24, 2.45) is 0 Å². The zero-order valence-electron chi connectivity index (χ0n) is 11.6. The van der Waals surface area contributed by atoms with Gasteiger partial charge in [0, 0.05) is 33.7 Å². The van der Waals surface area contributed by atoms with Gasteiger partial charge in [-0.1, -0.05) is 24.6 Å². The molecule has 21 heavy (non-hydrogen) atoms. The molecule has 1 aromatic carbocycles. The number of carbonyl (C=O) groups is 1. The Morgan fingerprint density at radius 3 is 2.86 bits per heavy atom. The van der Waals surface area contributed by atoms with Crippen molar-refractivity contribution < 1.29 is 4.79 Å². The first kappa shape index (κ1) is 16.3. The Morgan fingerprint density at radius 1 is 1.38 bits per heavy atom. The molecule has 2 rings (SSSR count). The van der Waals surface area contributed by atoms with Crippen molar-refractivity contribution in [3.8, 4) is 0 Å². The van der Waals surface area contributed by atoms with Gasteiger partial charge in [0.2, 0.25) is 0 Å². The molecule has 0 atom stereocenters. The molecule has 1 aromatic heterocycles. The number of thiophene rings is 1. The lowest BCUT2D eigenvalue weighted by Gasteiger charge is -2.08. The maximum Gasteiger partial charge on any atom is 0.251 e. The standard InChI is InChI=1S/C15H16BrClN2OS/c1-2-6-18-15(20)10-4-3-5-11(7-10)19-9-12-8-13(16)14(17)21-12/h3-5,7-8,19H,2,6,9H2,1H3,(H,18,20). The summed E-state index contributed by atoms with van der Waals surface area (Å²) in [5.41, 5.74) is 1.58. The van der Waals surface area contributed by atoms with E-state index in [0.717, 1.165) is 25.8 Å². The van der Waals surface area contributed by atoms with Gasteiger partial charge >= 0.3 is 0 Å². The maximum absolute atomic E-state index is 11.9. The number of nitrogens with one attached hydrogen (secondary N) is 2. The number of hydrogen-bond acceptors (Lipinski definition) is 3. The molecule has 0 aliphatic rings. The van der Waals surface area contributed by atoms with Gasteiger partial charge in [-0.15, -0.1) is 11.3 Å². The molecular weight excluding hydrogens is 372 g/mol. The fourth-order valence-electron chi connectivity index (χ4n) is 1.78. The lowest BCUT2D eigenvalue weighted by atomic mass is 10.2. The number of benzene rings is 1. The molecule has 1 heterocycles. The fraction of sp³-hybridized carbons (Fsp3) is 0.267. The summed E-state index contributed by atoms with van der Waals surface area (Å²) in [6.07, 6.45) is 0.928. The Labute approximate surface area is 141 Å². The minimum absolute atomic E-state index is 0.0394. The molecule has 0 aliphatic heterocycles. The molecule has 112 valence electrons. The first-order valence-electron chi connectivity index (χ1n) is 6.66. The van der Waals surface area contributed by atoms with E-state index in [0.29, 0.717) is 18.7 Å². The minimum Gasteiger partial charge on any atom is -0.380 e. The third-order valence-corrected chi connectivity index (χ3v) is 5.30. The van der Waals surface area contributed by atoms with Crippen LogP contribution in [0.25, 0.3) is 0 Å². The summed E-state index contributed by atoms with van der Waals surface area (Å²) in [5, 5.41) is 6.18. The van der Waals surface area contributed by atoms with Gasteiger partial charge in [-0.05, 0) is 46.6 Å². The topological polar surface area (TPSA) is 41.1 Å². The molecule has 3 nitrogen and oxygen atoms in total. The summed E-state index contributed by atoms with van der Waals surface area (Å²) in [6, 6.07) is 9.49. The highest BCUT2D eigenvalue weighted by Gasteiger charge is 2.07. The second kappa shape index (κ2) is 7.82. The summed E-state index contributed by atoms with van der Waals surface area (Å²) < 4.78 is 1.66. The zero-order valence-corrected chi connectivity index (χ0v) is 14.7. The monoisotopic (exact) mass is 386 g/mol. The molecule has 2 aromatic rings. The predicted octanol–water partition coefficient (Wildman–Crippen LogP) is 4.92. The van der Waals surface area contributed by atoms with Crippen LogP contribution in [0, 0.1) is 0 Å². The lowest BCUT2D eigenvalue weighted by Crippen LogP contribution is -2.23. The summed E-state index contributed by atoms with van der Waals surface area (Å²) in [5.74, 6) is -0.0394. The molecule has 0 saturated carbocycles.